The van der Waals surface area contributed by atoms with Crippen LogP contribution in [0.3, 0.4) is 0 Å². The van der Waals surface area contributed by atoms with Gasteiger partial charge in [-0.2, -0.15) is 0 Å². The van der Waals surface area contributed by atoms with E-state index in [1.54, 1.807) is 11.8 Å². The van der Waals surface area contributed by atoms with Gasteiger partial charge in [-0.05, 0) is 19.8 Å². The van der Waals surface area contributed by atoms with Crippen molar-refractivity contribution in [2.75, 3.05) is 26.8 Å². The van der Waals surface area contributed by atoms with E-state index in [2.05, 4.69) is 15.6 Å². The molecule has 1 aliphatic rings. The number of carbonyl (C=O) groups excluding carboxylic acids is 2. The Bertz CT molecular complexity index is 309. The van der Waals surface area contributed by atoms with Crippen LogP contribution in [0.15, 0.2) is 11.8 Å². The van der Waals surface area contributed by atoms with Gasteiger partial charge >= 0.3 is 0 Å². The van der Waals surface area contributed by atoms with Crippen LogP contribution in [0.1, 0.15) is 19.8 Å². The lowest BCUT2D eigenvalue weighted by atomic mass is 10.4. The Morgan fingerprint density at radius 2 is 1.94 bits per heavy atom. The van der Waals surface area contributed by atoms with Crippen LogP contribution < -0.4 is 10.9 Å². The molecule has 1 saturated heterocycles. The topological polar surface area (TPSA) is 70.7 Å². The van der Waals surface area contributed by atoms with Crippen molar-refractivity contribution in [1.29, 1.82) is 0 Å². The van der Waals surface area contributed by atoms with Crippen LogP contribution in [0.4, 0.5) is 0 Å². The fourth-order valence-corrected chi connectivity index (χ4v) is 1.59. The molecule has 17 heavy (non-hydrogen) atoms. The van der Waals surface area contributed by atoms with Crippen molar-refractivity contribution in [1.82, 2.24) is 15.8 Å². The summed E-state index contributed by atoms with van der Waals surface area (Å²) in [5, 5.41) is 0. The maximum atomic E-state index is 11.7. The first kappa shape index (κ1) is 13.5. The van der Waals surface area contributed by atoms with Crippen LogP contribution in [-0.2, 0) is 14.3 Å². The van der Waals surface area contributed by atoms with Crippen LogP contribution in [0.25, 0.3) is 0 Å². The summed E-state index contributed by atoms with van der Waals surface area (Å²) < 4.78 is 4.65. The number of hydrazine groups is 1. The Hall–Kier alpha value is -1.56. The molecule has 0 bridgehead atoms. The molecule has 2 amide bonds. The average molecular weight is 241 g/mol. The van der Waals surface area contributed by atoms with Gasteiger partial charge in [0.15, 0.2) is 0 Å². The third-order valence-electron chi connectivity index (χ3n) is 2.43. The minimum atomic E-state index is -0.283. The zero-order valence-corrected chi connectivity index (χ0v) is 10.3. The average Bonchev–Trinajstić information content (AvgIpc) is 2.80. The summed E-state index contributed by atoms with van der Waals surface area (Å²) in [6.45, 7) is 3.35. The van der Waals surface area contributed by atoms with E-state index in [0.29, 0.717) is 5.70 Å². The molecule has 0 aromatic heterocycles. The Morgan fingerprint density at radius 3 is 2.53 bits per heavy atom. The third kappa shape index (κ3) is 4.86. The van der Waals surface area contributed by atoms with Crippen LogP contribution in [-0.4, -0.2) is 43.5 Å². The fraction of sp³-hybridized carbons (Fsp3) is 0.636. The van der Waals surface area contributed by atoms with Gasteiger partial charge in [-0.25, -0.2) is 0 Å². The third-order valence-corrected chi connectivity index (χ3v) is 2.43. The molecule has 6 heteroatoms. The maximum Gasteiger partial charge on any atom is 0.264 e. The van der Waals surface area contributed by atoms with E-state index < -0.39 is 0 Å². The van der Waals surface area contributed by atoms with E-state index in [4.69, 9.17) is 0 Å². The molecular formula is C11H19N3O3. The van der Waals surface area contributed by atoms with Gasteiger partial charge in [0.25, 0.3) is 5.91 Å². The Kier molecular flexibility index (Phi) is 5.48. The van der Waals surface area contributed by atoms with E-state index in [0.717, 1.165) is 25.9 Å². The molecule has 0 spiro atoms. The number of hydrogen-bond acceptors (Lipinski definition) is 4. The molecule has 1 heterocycles. The quantitative estimate of drug-likeness (QED) is 0.515. The molecule has 0 saturated carbocycles. The van der Waals surface area contributed by atoms with Crippen molar-refractivity contribution in [3.05, 3.63) is 11.8 Å². The second-order valence-electron chi connectivity index (χ2n) is 3.97. The van der Waals surface area contributed by atoms with Crippen molar-refractivity contribution in [3.63, 3.8) is 0 Å². The van der Waals surface area contributed by atoms with Gasteiger partial charge in [0, 0.05) is 32.0 Å². The van der Waals surface area contributed by atoms with E-state index in [9.17, 15) is 9.59 Å². The molecule has 1 fully saturated rings. The number of hydrogen-bond donors (Lipinski definition) is 2. The van der Waals surface area contributed by atoms with Crippen molar-refractivity contribution < 1.29 is 14.3 Å². The summed E-state index contributed by atoms with van der Waals surface area (Å²) in [5.41, 5.74) is 5.69. The monoisotopic (exact) mass is 241 g/mol. The number of ether oxygens (including phenoxy) is 1. The molecule has 1 rings (SSSR count). The van der Waals surface area contributed by atoms with Crippen LogP contribution >= 0.6 is 0 Å². The molecule has 0 aromatic carbocycles. The summed E-state index contributed by atoms with van der Waals surface area (Å²) in [6, 6.07) is 0. The van der Waals surface area contributed by atoms with Crippen molar-refractivity contribution in [2.24, 2.45) is 0 Å². The summed E-state index contributed by atoms with van der Waals surface area (Å²) in [6.07, 6.45) is 3.62. The molecule has 6 nitrogen and oxygen atoms in total. The number of likely N-dealkylation sites (tertiary alicyclic amines) is 1. The molecule has 0 atom stereocenters. The van der Waals surface area contributed by atoms with E-state index >= 15 is 0 Å². The summed E-state index contributed by atoms with van der Waals surface area (Å²) >= 11 is 0. The van der Waals surface area contributed by atoms with Crippen LogP contribution in [0, 0.1) is 0 Å². The SMILES string of the molecule is COCC(=O)NN/C(C)=C\C(=O)N1CCCC1. The van der Waals surface area contributed by atoms with Crippen LogP contribution in [0.5, 0.6) is 0 Å². The van der Waals surface area contributed by atoms with Gasteiger partial charge in [-0.3, -0.25) is 15.0 Å². The first-order valence-corrected chi connectivity index (χ1v) is 5.64. The number of carbonyl (C=O) groups is 2. The standard InChI is InChI=1S/C11H19N3O3/c1-9(12-13-10(15)8-17-2)7-11(16)14-5-3-4-6-14/h7,12H,3-6,8H2,1-2H3,(H,13,15)/b9-7-. The highest BCUT2D eigenvalue weighted by molar-refractivity contribution is 5.88. The number of nitrogens with zero attached hydrogens (tertiary/aromatic N) is 1. The van der Waals surface area contributed by atoms with Crippen molar-refractivity contribution in [2.45, 2.75) is 19.8 Å². The minimum Gasteiger partial charge on any atom is -0.375 e. The zero-order valence-electron chi connectivity index (χ0n) is 10.3. The van der Waals surface area contributed by atoms with Crippen LogP contribution in [0.2, 0.25) is 0 Å². The molecular weight excluding hydrogens is 222 g/mol. The Morgan fingerprint density at radius 1 is 1.29 bits per heavy atom. The molecule has 0 aliphatic carbocycles. The highest BCUT2D eigenvalue weighted by atomic mass is 16.5. The lowest BCUT2D eigenvalue weighted by Crippen LogP contribution is -2.39. The van der Waals surface area contributed by atoms with E-state index in [-0.39, 0.29) is 18.4 Å². The van der Waals surface area contributed by atoms with Gasteiger partial charge in [0.2, 0.25) is 5.91 Å². The first-order chi connectivity index (χ1) is 8.13. The second kappa shape index (κ2) is 6.90. The minimum absolute atomic E-state index is 0.0135. The van der Waals surface area contributed by atoms with Crippen molar-refractivity contribution in [3.8, 4) is 0 Å². The van der Waals surface area contributed by atoms with E-state index in [1.807, 2.05) is 0 Å². The highest BCUT2D eigenvalue weighted by Gasteiger charge is 2.15. The fourth-order valence-electron chi connectivity index (χ4n) is 1.59. The molecule has 1 aliphatic heterocycles. The normalized spacial score (nSPS) is 15.9. The largest absolute Gasteiger partial charge is 0.375 e. The number of methoxy groups -OCH3 is 1. The predicted molar refractivity (Wildman–Crippen MR) is 62.7 cm³/mol. The summed E-state index contributed by atoms with van der Waals surface area (Å²) in [4.78, 5) is 24.6. The number of rotatable bonds is 5. The van der Waals surface area contributed by atoms with Gasteiger partial charge in [0.05, 0.1) is 0 Å². The summed E-state index contributed by atoms with van der Waals surface area (Å²) in [7, 11) is 1.44. The molecule has 0 radical (unpaired) electrons. The molecule has 0 aromatic rings. The van der Waals surface area contributed by atoms with Gasteiger partial charge in [0.1, 0.15) is 6.61 Å². The van der Waals surface area contributed by atoms with Gasteiger partial charge < -0.3 is 15.1 Å². The summed E-state index contributed by atoms with van der Waals surface area (Å²) in [5.74, 6) is -0.303. The number of nitrogens with one attached hydrogen (secondary N) is 2. The first-order valence-electron chi connectivity index (χ1n) is 5.64. The lowest BCUT2D eigenvalue weighted by Gasteiger charge is -2.13. The molecule has 2 N–H and O–H groups in total. The smallest absolute Gasteiger partial charge is 0.264 e. The second-order valence-corrected chi connectivity index (χ2v) is 3.97. The lowest BCUT2D eigenvalue weighted by molar-refractivity contribution is -0.126. The Labute approximate surface area is 101 Å². The molecule has 0 unspecified atom stereocenters. The Balaban J connectivity index is 2.32. The highest BCUT2D eigenvalue weighted by Crippen LogP contribution is 2.08. The van der Waals surface area contributed by atoms with Crippen molar-refractivity contribution >= 4 is 11.8 Å². The predicted octanol–water partition coefficient (Wildman–Crippen LogP) is -0.220. The van der Waals surface area contributed by atoms with E-state index in [1.165, 1.54) is 13.2 Å². The number of allylic oxidation sites excluding steroid dienone is 1. The van der Waals surface area contributed by atoms with Gasteiger partial charge in [-0.1, -0.05) is 0 Å². The van der Waals surface area contributed by atoms with Gasteiger partial charge in [-0.15, -0.1) is 0 Å². The number of amides is 2. The maximum absolute atomic E-state index is 11.7. The zero-order chi connectivity index (χ0) is 12.7. The molecule has 96 valence electrons.